The molecule has 0 saturated carbocycles. The first-order valence-corrected chi connectivity index (χ1v) is 9.70. The average molecular weight is 422 g/mol. The van der Waals surface area contributed by atoms with Crippen LogP contribution >= 0.6 is 0 Å². The van der Waals surface area contributed by atoms with Crippen molar-refractivity contribution in [2.24, 2.45) is 17.4 Å². The molecule has 1 aromatic carbocycles. The fourth-order valence-electron chi connectivity index (χ4n) is 2.75. The van der Waals surface area contributed by atoms with Gasteiger partial charge in [-0.05, 0) is 36.5 Å². The van der Waals surface area contributed by atoms with Crippen LogP contribution < -0.4 is 22.1 Å². The first-order chi connectivity index (χ1) is 14.0. The molecule has 1 aromatic rings. The smallest absolute Gasteiger partial charge is 0.326 e. The van der Waals surface area contributed by atoms with Crippen molar-refractivity contribution in [1.82, 2.24) is 10.6 Å². The second kappa shape index (κ2) is 11.8. The first kappa shape index (κ1) is 24.9. The van der Waals surface area contributed by atoms with E-state index in [0.717, 1.165) is 5.56 Å². The number of primary amides is 1. The fourth-order valence-corrected chi connectivity index (χ4v) is 2.75. The predicted octanol–water partition coefficient (Wildman–Crippen LogP) is -0.372. The number of carboxylic acid groups (broad SMARTS) is 1. The molecule has 3 amide bonds. The van der Waals surface area contributed by atoms with Gasteiger partial charge in [0, 0.05) is 6.42 Å². The topological polar surface area (TPSA) is 185 Å². The number of phenols is 1. The van der Waals surface area contributed by atoms with Gasteiger partial charge in [-0.1, -0.05) is 32.4 Å². The van der Waals surface area contributed by atoms with E-state index in [1.165, 1.54) is 12.1 Å². The maximum atomic E-state index is 12.7. The average Bonchev–Trinajstić information content (AvgIpc) is 2.69. The van der Waals surface area contributed by atoms with E-state index in [-0.39, 0.29) is 30.9 Å². The van der Waals surface area contributed by atoms with Crippen molar-refractivity contribution >= 4 is 23.7 Å². The number of rotatable bonds is 12. The molecule has 0 bridgehead atoms. The molecule has 0 aliphatic carbocycles. The molecule has 0 saturated heterocycles. The Morgan fingerprint density at radius 2 is 1.67 bits per heavy atom. The van der Waals surface area contributed by atoms with Crippen LogP contribution in [0.3, 0.4) is 0 Å². The lowest BCUT2D eigenvalue weighted by molar-refractivity contribution is -0.142. The number of hydrogen-bond donors (Lipinski definition) is 6. The van der Waals surface area contributed by atoms with Crippen LogP contribution in [0.1, 0.15) is 38.7 Å². The zero-order chi connectivity index (χ0) is 22.8. The van der Waals surface area contributed by atoms with Crippen LogP contribution in [-0.2, 0) is 25.6 Å². The summed E-state index contributed by atoms with van der Waals surface area (Å²) < 4.78 is 0. The Hall–Kier alpha value is -3.14. The Morgan fingerprint density at radius 1 is 1.07 bits per heavy atom. The molecule has 8 N–H and O–H groups in total. The van der Waals surface area contributed by atoms with Gasteiger partial charge in [0.15, 0.2) is 0 Å². The van der Waals surface area contributed by atoms with E-state index in [1.807, 2.05) is 6.92 Å². The number of amides is 3. The summed E-state index contributed by atoms with van der Waals surface area (Å²) >= 11 is 0. The molecule has 1 rings (SSSR count). The van der Waals surface area contributed by atoms with Crippen LogP contribution in [0.25, 0.3) is 0 Å². The highest BCUT2D eigenvalue weighted by molar-refractivity contribution is 5.92. The van der Waals surface area contributed by atoms with Crippen molar-refractivity contribution in [3.63, 3.8) is 0 Å². The lowest BCUT2D eigenvalue weighted by atomic mass is 9.96. The number of carboxylic acids is 1. The van der Waals surface area contributed by atoms with Crippen molar-refractivity contribution in [3.05, 3.63) is 29.8 Å². The van der Waals surface area contributed by atoms with Crippen molar-refractivity contribution in [1.29, 1.82) is 0 Å². The van der Waals surface area contributed by atoms with Crippen LogP contribution in [0.4, 0.5) is 0 Å². The number of benzene rings is 1. The summed E-state index contributed by atoms with van der Waals surface area (Å²) in [5.41, 5.74) is 11.7. The largest absolute Gasteiger partial charge is 0.508 e. The molecule has 166 valence electrons. The molecular formula is C20H30N4O6. The predicted molar refractivity (Wildman–Crippen MR) is 109 cm³/mol. The second-order valence-electron chi connectivity index (χ2n) is 7.25. The summed E-state index contributed by atoms with van der Waals surface area (Å²) in [5, 5.41) is 23.6. The number of aromatic hydroxyl groups is 1. The van der Waals surface area contributed by atoms with Crippen LogP contribution in [0.15, 0.2) is 24.3 Å². The Balaban J connectivity index is 2.82. The third-order valence-electron chi connectivity index (χ3n) is 4.82. The summed E-state index contributed by atoms with van der Waals surface area (Å²) in [6.07, 6.45) is 0.384. The Morgan fingerprint density at radius 3 is 2.17 bits per heavy atom. The van der Waals surface area contributed by atoms with E-state index in [0.29, 0.717) is 6.42 Å². The van der Waals surface area contributed by atoms with Gasteiger partial charge in [0.2, 0.25) is 17.7 Å². The van der Waals surface area contributed by atoms with Crippen molar-refractivity contribution < 1.29 is 29.4 Å². The van der Waals surface area contributed by atoms with Crippen LogP contribution in [0.5, 0.6) is 5.75 Å². The number of carbonyl (C=O) groups is 4. The highest BCUT2D eigenvalue weighted by Crippen LogP contribution is 2.12. The lowest BCUT2D eigenvalue weighted by Crippen LogP contribution is -2.57. The molecule has 0 spiro atoms. The molecule has 0 aliphatic rings. The molecule has 10 nitrogen and oxygen atoms in total. The number of nitrogens with one attached hydrogen (secondary N) is 2. The molecule has 0 fully saturated rings. The van der Waals surface area contributed by atoms with E-state index < -0.39 is 41.8 Å². The zero-order valence-electron chi connectivity index (χ0n) is 17.1. The fraction of sp³-hybridized carbons (Fsp3) is 0.500. The summed E-state index contributed by atoms with van der Waals surface area (Å²) in [7, 11) is 0. The van der Waals surface area contributed by atoms with Crippen LogP contribution in [0.2, 0.25) is 0 Å². The monoisotopic (exact) mass is 422 g/mol. The lowest BCUT2D eigenvalue weighted by Gasteiger charge is -2.26. The highest BCUT2D eigenvalue weighted by Gasteiger charge is 2.31. The van der Waals surface area contributed by atoms with Crippen molar-refractivity contribution in [2.75, 3.05) is 0 Å². The van der Waals surface area contributed by atoms with E-state index in [1.54, 1.807) is 19.1 Å². The van der Waals surface area contributed by atoms with Gasteiger partial charge in [-0.3, -0.25) is 14.4 Å². The maximum absolute atomic E-state index is 12.7. The van der Waals surface area contributed by atoms with E-state index >= 15 is 0 Å². The van der Waals surface area contributed by atoms with Gasteiger partial charge in [0.1, 0.15) is 17.8 Å². The van der Waals surface area contributed by atoms with Gasteiger partial charge in [-0.25, -0.2) is 4.79 Å². The SMILES string of the molecule is CCC(C)C(NC(=O)C(N)Cc1ccc(O)cc1)C(=O)NC(CCC(N)=O)C(=O)O. The quantitative estimate of drug-likeness (QED) is 0.265. The minimum absolute atomic E-state index is 0.0922. The van der Waals surface area contributed by atoms with Gasteiger partial charge in [0.25, 0.3) is 0 Å². The minimum atomic E-state index is -1.31. The number of carbonyl (C=O) groups excluding carboxylic acids is 3. The number of nitrogens with two attached hydrogens (primary N) is 2. The summed E-state index contributed by atoms with van der Waals surface area (Å²) in [6.45, 7) is 3.57. The Bertz CT molecular complexity index is 752. The summed E-state index contributed by atoms with van der Waals surface area (Å²) in [5.74, 6) is -3.42. The van der Waals surface area contributed by atoms with Crippen molar-refractivity contribution in [3.8, 4) is 5.75 Å². The molecule has 10 heteroatoms. The van der Waals surface area contributed by atoms with Gasteiger partial charge >= 0.3 is 5.97 Å². The standard InChI is InChI=1S/C20H30N4O6/c1-3-11(2)17(19(28)23-15(20(29)30)8-9-16(22)26)24-18(27)14(21)10-12-4-6-13(25)7-5-12/h4-7,11,14-15,17,25H,3,8-10,21H2,1-2H3,(H2,22,26)(H,23,28)(H,24,27)(H,29,30). The van der Waals surface area contributed by atoms with Crippen molar-refractivity contribution in [2.45, 2.75) is 57.7 Å². The first-order valence-electron chi connectivity index (χ1n) is 9.70. The van der Waals surface area contributed by atoms with Gasteiger partial charge < -0.3 is 32.3 Å². The Kier molecular flexibility index (Phi) is 9.76. The highest BCUT2D eigenvalue weighted by atomic mass is 16.4. The van der Waals surface area contributed by atoms with Crippen LogP contribution in [0, 0.1) is 5.92 Å². The normalized spacial score (nSPS) is 14.8. The van der Waals surface area contributed by atoms with Gasteiger partial charge in [0.05, 0.1) is 6.04 Å². The molecule has 4 atom stereocenters. The molecule has 0 aliphatic heterocycles. The zero-order valence-corrected chi connectivity index (χ0v) is 17.1. The van der Waals surface area contributed by atoms with Gasteiger partial charge in [-0.15, -0.1) is 0 Å². The molecule has 0 heterocycles. The van der Waals surface area contributed by atoms with E-state index in [4.69, 9.17) is 11.5 Å². The summed E-state index contributed by atoms with van der Waals surface area (Å²) in [6, 6.07) is 2.98. The molecular weight excluding hydrogens is 392 g/mol. The molecule has 0 radical (unpaired) electrons. The second-order valence-corrected chi connectivity index (χ2v) is 7.25. The number of phenolic OH excluding ortho intramolecular Hbond substituents is 1. The molecule has 4 unspecified atom stereocenters. The number of aliphatic carboxylic acids is 1. The maximum Gasteiger partial charge on any atom is 0.326 e. The number of hydrogen-bond acceptors (Lipinski definition) is 6. The van der Waals surface area contributed by atoms with E-state index in [9.17, 15) is 29.4 Å². The summed E-state index contributed by atoms with van der Waals surface area (Å²) in [4.78, 5) is 47.5. The van der Waals surface area contributed by atoms with Gasteiger partial charge in [-0.2, -0.15) is 0 Å². The third kappa shape index (κ3) is 8.08. The van der Waals surface area contributed by atoms with E-state index in [2.05, 4.69) is 10.6 Å². The Labute approximate surface area is 175 Å². The third-order valence-corrected chi connectivity index (χ3v) is 4.82. The van der Waals surface area contributed by atoms with Crippen LogP contribution in [-0.4, -0.2) is 52.0 Å². The molecule has 0 aromatic heterocycles. The molecule has 30 heavy (non-hydrogen) atoms. The minimum Gasteiger partial charge on any atom is -0.508 e.